The molecule has 1 atom stereocenters. The van der Waals surface area contributed by atoms with Crippen LogP contribution < -0.4 is 5.32 Å². The molecule has 2 aliphatic rings. The molecular weight excluding hydrogens is 178 g/mol. The molecule has 1 N–H and O–H groups in total. The van der Waals surface area contributed by atoms with Crippen LogP contribution in [0.4, 0.5) is 0 Å². The lowest BCUT2D eigenvalue weighted by atomic mass is 10.2. The Balaban J connectivity index is 2.00. The second-order valence-corrected chi connectivity index (χ2v) is 4.09. The maximum Gasteiger partial charge on any atom is 0.238 e. The van der Waals surface area contributed by atoms with Gasteiger partial charge >= 0.3 is 0 Å². The van der Waals surface area contributed by atoms with Crippen molar-refractivity contribution in [1.29, 1.82) is 0 Å². The highest BCUT2D eigenvalue weighted by Gasteiger charge is 2.35. The minimum Gasteiger partial charge on any atom is -0.315 e. The zero-order valence-corrected chi connectivity index (χ0v) is 8.83. The molecule has 0 saturated carbocycles. The topological polar surface area (TPSA) is 35.6 Å². The van der Waals surface area contributed by atoms with E-state index >= 15 is 0 Å². The Morgan fingerprint density at radius 3 is 3.07 bits per heavy atom. The quantitative estimate of drug-likeness (QED) is 0.702. The monoisotopic (exact) mass is 197 g/mol. The van der Waals surface area contributed by atoms with Crippen LogP contribution in [-0.2, 0) is 4.79 Å². The molecule has 1 amide bonds. The summed E-state index contributed by atoms with van der Waals surface area (Å²) >= 11 is 0. The smallest absolute Gasteiger partial charge is 0.238 e. The van der Waals surface area contributed by atoms with Crippen LogP contribution >= 0.6 is 0 Å². The van der Waals surface area contributed by atoms with Crippen LogP contribution in [-0.4, -0.2) is 48.1 Å². The standard InChI is InChI=1S/C10H19N3O/c1-2-6-12-7-4-10(14)13(12)9-3-5-11-8-9/h9,11H,2-8H2,1H3. The average molecular weight is 197 g/mol. The van der Waals surface area contributed by atoms with Crippen molar-refractivity contribution in [2.24, 2.45) is 0 Å². The van der Waals surface area contributed by atoms with Gasteiger partial charge < -0.3 is 5.32 Å². The van der Waals surface area contributed by atoms with Gasteiger partial charge in [0.05, 0.1) is 6.04 Å². The molecule has 2 rings (SSSR count). The maximum atomic E-state index is 11.7. The van der Waals surface area contributed by atoms with E-state index in [1.165, 1.54) is 0 Å². The van der Waals surface area contributed by atoms with Crippen molar-refractivity contribution < 1.29 is 4.79 Å². The maximum absolute atomic E-state index is 11.7. The van der Waals surface area contributed by atoms with Crippen molar-refractivity contribution >= 4 is 5.91 Å². The largest absolute Gasteiger partial charge is 0.315 e. The van der Waals surface area contributed by atoms with Crippen LogP contribution in [0.3, 0.4) is 0 Å². The second kappa shape index (κ2) is 4.28. The highest BCUT2D eigenvalue weighted by molar-refractivity contribution is 5.78. The van der Waals surface area contributed by atoms with Crippen LogP contribution in [0.2, 0.25) is 0 Å². The molecule has 0 radical (unpaired) electrons. The van der Waals surface area contributed by atoms with Crippen LogP contribution in [0.15, 0.2) is 0 Å². The van der Waals surface area contributed by atoms with Gasteiger partial charge in [-0.25, -0.2) is 5.01 Å². The SMILES string of the molecule is CCCN1CCC(=O)N1C1CCNC1. The first kappa shape index (κ1) is 9.93. The Hall–Kier alpha value is -0.610. The predicted octanol–water partition coefficient (Wildman–Crippen LogP) is 0.208. The molecule has 0 bridgehead atoms. The summed E-state index contributed by atoms with van der Waals surface area (Å²) in [6, 6.07) is 0.413. The molecular formula is C10H19N3O. The van der Waals surface area contributed by atoms with E-state index in [4.69, 9.17) is 0 Å². The Labute approximate surface area is 85.2 Å². The number of amides is 1. The average Bonchev–Trinajstić information content (AvgIpc) is 2.76. The van der Waals surface area contributed by atoms with Crippen LogP contribution in [0, 0.1) is 0 Å². The zero-order valence-electron chi connectivity index (χ0n) is 8.83. The number of hydrogen-bond acceptors (Lipinski definition) is 3. The van der Waals surface area contributed by atoms with Gasteiger partial charge in [0.15, 0.2) is 0 Å². The second-order valence-electron chi connectivity index (χ2n) is 4.09. The van der Waals surface area contributed by atoms with Crippen molar-refractivity contribution in [2.45, 2.75) is 32.2 Å². The van der Waals surface area contributed by atoms with Crippen molar-refractivity contribution in [2.75, 3.05) is 26.2 Å². The molecule has 80 valence electrons. The van der Waals surface area contributed by atoms with Gasteiger partial charge in [0.2, 0.25) is 5.91 Å². The highest BCUT2D eigenvalue weighted by atomic mass is 16.2. The fraction of sp³-hybridized carbons (Fsp3) is 0.900. The Morgan fingerprint density at radius 1 is 1.57 bits per heavy atom. The lowest BCUT2D eigenvalue weighted by Crippen LogP contribution is -2.47. The summed E-state index contributed by atoms with van der Waals surface area (Å²) in [6.07, 6.45) is 2.92. The molecule has 0 aliphatic carbocycles. The predicted molar refractivity (Wildman–Crippen MR) is 54.6 cm³/mol. The van der Waals surface area contributed by atoms with Gasteiger partial charge in [-0.15, -0.1) is 0 Å². The Morgan fingerprint density at radius 2 is 2.43 bits per heavy atom. The lowest BCUT2D eigenvalue weighted by Gasteiger charge is -2.32. The van der Waals surface area contributed by atoms with E-state index in [9.17, 15) is 4.79 Å². The molecule has 2 heterocycles. The van der Waals surface area contributed by atoms with E-state index in [1.54, 1.807) is 0 Å². The van der Waals surface area contributed by atoms with Crippen molar-refractivity contribution in [3.8, 4) is 0 Å². The van der Waals surface area contributed by atoms with Gasteiger partial charge in [-0.2, -0.15) is 0 Å². The normalized spacial score (nSPS) is 29.1. The number of carbonyl (C=O) groups excluding carboxylic acids is 1. The molecule has 2 fully saturated rings. The van der Waals surface area contributed by atoms with Crippen molar-refractivity contribution in [3.05, 3.63) is 0 Å². The number of hydrazine groups is 1. The fourth-order valence-electron chi connectivity index (χ4n) is 2.37. The summed E-state index contributed by atoms with van der Waals surface area (Å²) in [4.78, 5) is 11.7. The van der Waals surface area contributed by atoms with E-state index in [-0.39, 0.29) is 0 Å². The third-order valence-electron chi connectivity index (χ3n) is 3.01. The zero-order chi connectivity index (χ0) is 9.97. The molecule has 4 heteroatoms. The summed E-state index contributed by atoms with van der Waals surface area (Å²) in [5.74, 6) is 0.312. The molecule has 4 nitrogen and oxygen atoms in total. The van der Waals surface area contributed by atoms with E-state index < -0.39 is 0 Å². The summed E-state index contributed by atoms with van der Waals surface area (Å²) in [7, 11) is 0. The Kier molecular flexibility index (Phi) is 3.03. The first-order valence-electron chi connectivity index (χ1n) is 5.60. The number of nitrogens with zero attached hydrogens (tertiary/aromatic N) is 2. The first-order valence-corrected chi connectivity index (χ1v) is 5.60. The summed E-state index contributed by atoms with van der Waals surface area (Å²) in [5, 5.41) is 7.54. The van der Waals surface area contributed by atoms with E-state index in [0.717, 1.165) is 39.0 Å². The highest BCUT2D eigenvalue weighted by Crippen LogP contribution is 2.19. The number of rotatable bonds is 3. The fourth-order valence-corrected chi connectivity index (χ4v) is 2.37. The molecule has 0 aromatic carbocycles. The first-order chi connectivity index (χ1) is 6.83. The lowest BCUT2D eigenvalue weighted by molar-refractivity contribution is -0.142. The molecule has 14 heavy (non-hydrogen) atoms. The minimum atomic E-state index is 0.312. The molecule has 2 aliphatic heterocycles. The van der Waals surface area contributed by atoms with Gasteiger partial charge in [-0.05, 0) is 19.4 Å². The van der Waals surface area contributed by atoms with Crippen LogP contribution in [0.5, 0.6) is 0 Å². The molecule has 0 aromatic rings. The molecule has 0 spiro atoms. The minimum absolute atomic E-state index is 0.312. The van der Waals surface area contributed by atoms with E-state index in [0.29, 0.717) is 18.4 Å². The third-order valence-corrected chi connectivity index (χ3v) is 3.01. The number of hydrogen-bond donors (Lipinski definition) is 1. The van der Waals surface area contributed by atoms with E-state index in [1.807, 2.05) is 5.01 Å². The van der Waals surface area contributed by atoms with Crippen molar-refractivity contribution in [1.82, 2.24) is 15.3 Å². The van der Waals surface area contributed by atoms with Gasteiger partial charge in [-0.1, -0.05) is 6.92 Å². The van der Waals surface area contributed by atoms with Gasteiger partial charge in [-0.3, -0.25) is 9.80 Å². The summed E-state index contributed by atoms with van der Waals surface area (Å²) in [5.41, 5.74) is 0. The summed E-state index contributed by atoms with van der Waals surface area (Å²) < 4.78 is 0. The van der Waals surface area contributed by atoms with Gasteiger partial charge in [0.1, 0.15) is 0 Å². The number of nitrogens with one attached hydrogen (secondary N) is 1. The van der Waals surface area contributed by atoms with Gasteiger partial charge in [0.25, 0.3) is 0 Å². The van der Waals surface area contributed by atoms with Crippen LogP contribution in [0.1, 0.15) is 26.2 Å². The van der Waals surface area contributed by atoms with Crippen molar-refractivity contribution in [3.63, 3.8) is 0 Å². The molecule has 1 unspecified atom stereocenters. The molecule has 2 saturated heterocycles. The third kappa shape index (κ3) is 1.77. The molecule has 0 aromatic heterocycles. The summed E-state index contributed by atoms with van der Waals surface area (Å²) in [6.45, 7) is 6.11. The number of carbonyl (C=O) groups is 1. The van der Waals surface area contributed by atoms with Gasteiger partial charge in [0, 0.05) is 26.1 Å². The Bertz CT molecular complexity index is 213. The van der Waals surface area contributed by atoms with E-state index in [2.05, 4.69) is 17.2 Å². The van der Waals surface area contributed by atoms with Crippen LogP contribution in [0.25, 0.3) is 0 Å².